The Morgan fingerprint density at radius 1 is 1.00 bits per heavy atom. The van der Waals surface area contributed by atoms with E-state index >= 15 is 0 Å². The highest BCUT2D eigenvalue weighted by Gasteiger charge is 2.21. The molecule has 3 rings (SSSR count). The van der Waals surface area contributed by atoms with Crippen LogP contribution in [0.5, 0.6) is 0 Å². The largest absolute Gasteiger partial charge is 0.337 e. The van der Waals surface area contributed by atoms with Crippen molar-refractivity contribution in [2.24, 2.45) is 0 Å². The van der Waals surface area contributed by atoms with Crippen molar-refractivity contribution in [3.05, 3.63) is 71.0 Å². The van der Waals surface area contributed by atoms with E-state index < -0.39 is 0 Å². The molecule has 0 atom stereocenters. The molecule has 0 N–H and O–H groups in total. The Morgan fingerprint density at radius 2 is 1.80 bits per heavy atom. The van der Waals surface area contributed by atoms with Crippen LogP contribution in [0.3, 0.4) is 0 Å². The predicted octanol–water partition coefficient (Wildman–Crippen LogP) is 2.93. The van der Waals surface area contributed by atoms with Crippen molar-refractivity contribution in [3.8, 4) is 6.07 Å². The van der Waals surface area contributed by atoms with E-state index in [1.165, 1.54) is 12.1 Å². The summed E-state index contributed by atoms with van der Waals surface area (Å²) in [4.78, 5) is 16.4. The van der Waals surface area contributed by atoms with Gasteiger partial charge < -0.3 is 4.90 Å². The van der Waals surface area contributed by atoms with Gasteiger partial charge in [0.25, 0.3) is 0 Å². The lowest BCUT2D eigenvalue weighted by molar-refractivity contribution is -0.130. The minimum Gasteiger partial charge on any atom is -0.337 e. The average Bonchev–Trinajstić information content (AvgIpc) is 2.80. The molecule has 1 saturated heterocycles. The van der Waals surface area contributed by atoms with Gasteiger partial charge in [0.15, 0.2) is 0 Å². The molecule has 0 radical (unpaired) electrons. The first kappa shape index (κ1) is 17.1. The molecule has 1 heterocycles. The molecule has 1 aliphatic heterocycles. The fraction of sp³-hybridized carbons (Fsp3) is 0.300. The van der Waals surface area contributed by atoms with Crippen molar-refractivity contribution in [1.29, 1.82) is 5.26 Å². The van der Waals surface area contributed by atoms with E-state index in [4.69, 9.17) is 5.26 Å². The highest BCUT2D eigenvalue weighted by atomic mass is 19.1. The number of carbonyl (C=O) groups excluding carboxylic acids is 1. The Morgan fingerprint density at radius 3 is 2.56 bits per heavy atom. The summed E-state index contributed by atoms with van der Waals surface area (Å²) in [5, 5.41) is 9.00. The van der Waals surface area contributed by atoms with Crippen molar-refractivity contribution >= 4 is 5.91 Å². The van der Waals surface area contributed by atoms with Gasteiger partial charge in [0.2, 0.25) is 5.91 Å². The molecule has 1 aliphatic rings. The van der Waals surface area contributed by atoms with Crippen LogP contribution in [0.15, 0.2) is 48.5 Å². The summed E-state index contributed by atoms with van der Waals surface area (Å²) in [5.74, 6) is -0.144. The van der Waals surface area contributed by atoms with Gasteiger partial charge in [-0.25, -0.2) is 4.39 Å². The Hall–Kier alpha value is -2.71. The average molecular weight is 337 g/mol. The highest BCUT2D eigenvalue weighted by molar-refractivity contribution is 5.76. The SMILES string of the molecule is N#Cc1cccc(CN2CCC(=O)N(Cc3ccc(F)cc3)CC2)c1. The number of amides is 1. The van der Waals surface area contributed by atoms with Crippen LogP contribution in [0, 0.1) is 17.1 Å². The second kappa shape index (κ2) is 7.91. The lowest BCUT2D eigenvalue weighted by Crippen LogP contribution is -2.32. The van der Waals surface area contributed by atoms with Gasteiger partial charge in [0.1, 0.15) is 5.82 Å². The minimum atomic E-state index is -0.267. The second-order valence-electron chi connectivity index (χ2n) is 6.28. The maximum absolute atomic E-state index is 13.0. The maximum atomic E-state index is 13.0. The van der Waals surface area contributed by atoms with Crippen molar-refractivity contribution in [2.45, 2.75) is 19.5 Å². The van der Waals surface area contributed by atoms with Crippen molar-refractivity contribution in [1.82, 2.24) is 9.80 Å². The van der Waals surface area contributed by atoms with Gasteiger partial charge in [-0.3, -0.25) is 9.69 Å². The molecular formula is C20H20FN3O. The van der Waals surface area contributed by atoms with E-state index in [0.29, 0.717) is 31.6 Å². The van der Waals surface area contributed by atoms with E-state index in [0.717, 1.165) is 24.2 Å². The molecule has 4 nitrogen and oxygen atoms in total. The van der Waals surface area contributed by atoms with E-state index in [-0.39, 0.29) is 11.7 Å². The molecule has 0 spiro atoms. The molecule has 0 aliphatic carbocycles. The van der Waals surface area contributed by atoms with Gasteiger partial charge >= 0.3 is 0 Å². The van der Waals surface area contributed by atoms with Crippen LogP contribution in [-0.4, -0.2) is 35.3 Å². The third kappa shape index (κ3) is 4.65. The zero-order chi connectivity index (χ0) is 17.6. The van der Waals surface area contributed by atoms with Gasteiger partial charge in [-0.15, -0.1) is 0 Å². The summed E-state index contributed by atoms with van der Waals surface area (Å²) in [6.45, 7) is 3.37. The van der Waals surface area contributed by atoms with Gasteiger partial charge in [-0.05, 0) is 35.4 Å². The number of benzene rings is 2. The summed E-state index contributed by atoms with van der Waals surface area (Å²) in [6.07, 6.45) is 0.471. The Labute approximate surface area is 147 Å². The molecule has 1 amide bonds. The quantitative estimate of drug-likeness (QED) is 0.862. The molecule has 1 fully saturated rings. The predicted molar refractivity (Wildman–Crippen MR) is 92.9 cm³/mol. The highest BCUT2D eigenvalue weighted by Crippen LogP contribution is 2.14. The molecule has 128 valence electrons. The van der Waals surface area contributed by atoms with E-state index in [9.17, 15) is 9.18 Å². The standard InChI is InChI=1S/C20H20FN3O/c21-19-6-4-16(5-7-19)15-24-11-10-23(9-8-20(24)25)14-18-3-1-2-17(12-18)13-22/h1-7,12H,8-11,14-15H2. The zero-order valence-corrected chi connectivity index (χ0v) is 14.0. The van der Waals surface area contributed by atoms with Crippen LogP contribution in [0.4, 0.5) is 4.39 Å². The Bertz CT molecular complexity index is 782. The summed E-state index contributed by atoms with van der Waals surface area (Å²) in [7, 11) is 0. The smallest absolute Gasteiger partial charge is 0.224 e. The number of carbonyl (C=O) groups is 1. The molecule has 25 heavy (non-hydrogen) atoms. The number of nitriles is 1. The van der Waals surface area contributed by atoms with E-state index in [1.54, 1.807) is 18.2 Å². The fourth-order valence-electron chi connectivity index (χ4n) is 3.04. The van der Waals surface area contributed by atoms with Crippen molar-refractivity contribution < 1.29 is 9.18 Å². The first-order valence-electron chi connectivity index (χ1n) is 8.37. The Balaban J connectivity index is 1.61. The summed E-state index contributed by atoms with van der Waals surface area (Å²) < 4.78 is 13.0. The van der Waals surface area contributed by atoms with Crippen LogP contribution in [0.2, 0.25) is 0 Å². The van der Waals surface area contributed by atoms with Gasteiger partial charge in [0.05, 0.1) is 11.6 Å². The lowest BCUT2D eigenvalue weighted by Gasteiger charge is -2.22. The second-order valence-corrected chi connectivity index (χ2v) is 6.28. The number of nitrogens with zero attached hydrogens (tertiary/aromatic N) is 3. The van der Waals surface area contributed by atoms with Crippen LogP contribution >= 0.6 is 0 Å². The summed E-state index contributed by atoms with van der Waals surface area (Å²) >= 11 is 0. The fourth-order valence-corrected chi connectivity index (χ4v) is 3.04. The normalized spacial score (nSPS) is 15.7. The first-order valence-corrected chi connectivity index (χ1v) is 8.37. The van der Waals surface area contributed by atoms with Gasteiger partial charge in [0, 0.05) is 39.1 Å². The van der Waals surface area contributed by atoms with E-state index in [1.807, 2.05) is 23.1 Å². The molecule has 0 bridgehead atoms. The van der Waals surface area contributed by atoms with Crippen LogP contribution in [0.25, 0.3) is 0 Å². The number of hydrogen-bond donors (Lipinski definition) is 0. The molecule has 0 saturated carbocycles. The van der Waals surface area contributed by atoms with E-state index in [2.05, 4.69) is 11.0 Å². The third-order valence-electron chi connectivity index (χ3n) is 4.43. The summed E-state index contributed by atoms with van der Waals surface area (Å²) in [6, 6.07) is 16.0. The Kier molecular flexibility index (Phi) is 5.42. The lowest BCUT2D eigenvalue weighted by atomic mass is 10.1. The first-order chi connectivity index (χ1) is 12.1. The molecular weight excluding hydrogens is 317 g/mol. The number of halogens is 1. The van der Waals surface area contributed by atoms with Crippen LogP contribution < -0.4 is 0 Å². The van der Waals surface area contributed by atoms with Crippen LogP contribution in [-0.2, 0) is 17.9 Å². The van der Waals surface area contributed by atoms with Crippen LogP contribution in [0.1, 0.15) is 23.1 Å². The number of hydrogen-bond acceptors (Lipinski definition) is 3. The minimum absolute atomic E-state index is 0.123. The molecule has 2 aromatic rings. The molecule has 2 aromatic carbocycles. The van der Waals surface area contributed by atoms with Gasteiger partial charge in [-0.2, -0.15) is 5.26 Å². The topological polar surface area (TPSA) is 47.3 Å². The molecule has 0 aromatic heterocycles. The monoisotopic (exact) mass is 337 g/mol. The number of rotatable bonds is 4. The van der Waals surface area contributed by atoms with Crippen molar-refractivity contribution in [3.63, 3.8) is 0 Å². The maximum Gasteiger partial charge on any atom is 0.224 e. The van der Waals surface area contributed by atoms with Crippen molar-refractivity contribution in [2.75, 3.05) is 19.6 Å². The summed E-state index contributed by atoms with van der Waals surface area (Å²) in [5.41, 5.74) is 2.67. The zero-order valence-electron chi connectivity index (χ0n) is 14.0. The molecule has 0 unspecified atom stereocenters. The molecule has 5 heteroatoms. The third-order valence-corrected chi connectivity index (χ3v) is 4.43. The van der Waals surface area contributed by atoms with Gasteiger partial charge in [-0.1, -0.05) is 24.3 Å².